The van der Waals surface area contributed by atoms with Gasteiger partial charge in [0, 0.05) is 5.54 Å². The Kier molecular flexibility index (Phi) is 3.63. The standard InChI is InChI=1S/C13H27N/c1-6-7-8-11-9-10-14-13(4,5)12(11,2)3/h11,14H,6-10H2,1-5H3. The van der Waals surface area contributed by atoms with Crippen LogP contribution in [0, 0.1) is 11.3 Å². The topological polar surface area (TPSA) is 12.0 Å². The highest BCUT2D eigenvalue weighted by molar-refractivity contribution is 5.00. The molecule has 14 heavy (non-hydrogen) atoms. The van der Waals surface area contributed by atoms with Crippen molar-refractivity contribution in [3.05, 3.63) is 0 Å². The Bertz CT molecular complexity index is 182. The number of hydrogen-bond acceptors (Lipinski definition) is 1. The minimum atomic E-state index is 0.295. The first-order valence-electron chi connectivity index (χ1n) is 6.17. The molecule has 1 aliphatic rings. The van der Waals surface area contributed by atoms with Crippen LogP contribution < -0.4 is 5.32 Å². The normalized spacial score (nSPS) is 30.2. The third-order valence-electron chi connectivity index (χ3n) is 4.60. The fourth-order valence-corrected chi connectivity index (χ4v) is 2.61. The predicted octanol–water partition coefficient (Wildman–Crippen LogP) is 3.59. The summed E-state index contributed by atoms with van der Waals surface area (Å²) in [5, 5.41) is 3.66. The smallest absolute Gasteiger partial charge is 0.0178 e. The fraction of sp³-hybridized carbons (Fsp3) is 1.00. The van der Waals surface area contributed by atoms with Crippen LogP contribution in [-0.4, -0.2) is 12.1 Å². The maximum atomic E-state index is 3.66. The molecule has 1 aliphatic heterocycles. The van der Waals surface area contributed by atoms with Gasteiger partial charge in [0.2, 0.25) is 0 Å². The van der Waals surface area contributed by atoms with E-state index in [0.29, 0.717) is 11.0 Å². The first-order chi connectivity index (χ1) is 6.42. The van der Waals surface area contributed by atoms with E-state index in [2.05, 4.69) is 39.9 Å². The zero-order valence-electron chi connectivity index (χ0n) is 10.6. The molecule has 1 saturated heterocycles. The molecule has 0 bridgehead atoms. The zero-order valence-corrected chi connectivity index (χ0v) is 10.6. The average molecular weight is 197 g/mol. The van der Waals surface area contributed by atoms with E-state index in [0.717, 1.165) is 5.92 Å². The van der Waals surface area contributed by atoms with Gasteiger partial charge in [-0.2, -0.15) is 0 Å². The lowest BCUT2D eigenvalue weighted by atomic mass is 9.61. The highest BCUT2D eigenvalue weighted by atomic mass is 15.0. The molecule has 1 atom stereocenters. The SMILES string of the molecule is CCCCC1CCNC(C)(C)C1(C)C. The molecule has 0 aliphatic carbocycles. The van der Waals surface area contributed by atoms with Crippen LogP contribution >= 0.6 is 0 Å². The van der Waals surface area contributed by atoms with Crippen molar-refractivity contribution in [2.75, 3.05) is 6.54 Å². The van der Waals surface area contributed by atoms with Crippen molar-refractivity contribution in [3.8, 4) is 0 Å². The summed E-state index contributed by atoms with van der Waals surface area (Å²) in [6, 6.07) is 0. The summed E-state index contributed by atoms with van der Waals surface area (Å²) in [5.41, 5.74) is 0.726. The number of hydrogen-bond donors (Lipinski definition) is 1. The Labute approximate surface area is 89.7 Å². The molecule has 0 aromatic carbocycles. The van der Waals surface area contributed by atoms with E-state index in [1.165, 1.54) is 32.2 Å². The van der Waals surface area contributed by atoms with Gasteiger partial charge in [-0.3, -0.25) is 0 Å². The van der Waals surface area contributed by atoms with Gasteiger partial charge in [-0.1, -0.05) is 33.6 Å². The molecular weight excluding hydrogens is 170 g/mol. The summed E-state index contributed by atoms with van der Waals surface area (Å²) >= 11 is 0. The molecule has 1 N–H and O–H groups in total. The molecule has 0 spiro atoms. The molecule has 0 aromatic rings. The first-order valence-corrected chi connectivity index (χ1v) is 6.17. The lowest BCUT2D eigenvalue weighted by Crippen LogP contribution is -2.59. The van der Waals surface area contributed by atoms with Crippen molar-refractivity contribution in [2.45, 2.75) is 65.8 Å². The van der Waals surface area contributed by atoms with Gasteiger partial charge in [0.25, 0.3) is 0 Å². The van der Waals surface area contributed by atoms with E-state index in [-0.39, 0.29) is 0 Å². The Morgan fingerprint density at radius 1 is 1.21 bits per heavy atom. The van der Waals surface area contributed by atoms with Crippen molar-refractivity contribution in [3.63, 3.8) is 0 Å². The summed E-state index contributed by atoms with van der Waals surface area (Å²) < 4.78 is 0. The minimum absolute atomic E-state index is 0.295. The summed E-state index contributed by atoms with van der Waals surface area (Å²) in [4.78, 5) is 0. The first kappa shape index (κ1) is 12.0. The van der Waals surface area contributed by atoms with Gasteiger partial charge in [-0.05, 0) is 44.6 Å². The molecule has 1 unspecified atom stereocenters. The van der Waals surface area contributed by atoms with Crippen LogP contribution in [-0.2, 0) is 0 Å². The number of unbranched alkanes of at least 4 members (excludes halogenated alkanes) is 1. The molecule has 1 rings (SSSR count). The predicted molar refractivity (Wildman–Crippen MR) is 63.5 cm³/mol. The van der Waals surface area contributed by atoms with Crippen molar-refractivity contribution in [1.29, 1.82) is 0 Å². The molecule has 0 saturated carbocycles. The fourth-order valence-electron chi connectivity index (χ4n) is 2.61. The molecule has 84 valence electrons. The zero-order chi connectivity index (χ0) is 10.8. The van der Waals surface area contributed by atoms with E-state index in [4.69, 9.17) is 0 Å². The molecule has 1 heteroatoms. The number of piperidine rings is 1. The third kappa shape index (κ3) is 2.13. The molecule has 0 amide bonds. The summed E-state index contributed by atoms with van der Waals surface area (Å²) in [7, 11) is 0. The molecule has 1 nitrogen and oxygen atoms in total. The molecule has 1 fully saturated rings. The largest absolute Gasteiger partial charge is 0.311 e. The number of rotatable bonds is 3. The van der Waals surface area contributed by atoms with Crippen LogP contribution in [0.3, 0.4) is 0 Å². The second-order valence-corrected chi connectivity index (χ2v) is 5.90. The minimum Gasteiger partial charge on any atom is -0.311 e. The van der Waals surface area contributed by atoms with Crippen LogP contribution in [0.1, 0.15) is 60.3 Å². The van der Waals surface area contributed by atoms with Crippen molar-refractivity contribution in [1.82, 2.24) is 5.32 Å². The average Bonchev–Trinajstić information content (AvgIpc) is 2.08. The van der Waals surface area contributed by atoms with Crippen molar-refractivity contribution in [2.24, 2.45) is 11.3 Å². The van der Waals surface area contributed by atoms with Gasteiger partial charge >= 0.3 is 0 Å². The van der Waals surface area contributed by atoms with Gasteiger partial charge in [-0.15, -0.1) is 0 Å². The Hall–Kier alpha value is -0.0400. The summed E-state index contributed by atoms with van der Waals surface area (Å²) in [6.07, 6.45) is 5.50. The molecule has 0 radical (unpaired) electrons. The van der Waals surface area contributed by atoms with Crippen molar-refractivity contribution < 1.29 is 0 Å². The molecule has 0 aromatic heterocycles. The molecule has 1 heterocycles. The van der Waals surface area contributed by atoms with Gasteiger partial charge in [0.15, 0.2) is 0 Å². The Morgan fingerprint density at radius 3 is 2.43 bits per heavy atom. The van der Waals surface area contributed by atoms with Crippen LogP contribution in [0.25, 0.3) is 0 Å². The van der Waals surface area contributed by atoms with E-state index in [1.807, 2.05) is 0 Å². The second kappa shape index (κ2) is 4.22. The lowest BCUT2D eigenvalue weighted by Gasteiger charge is -2.52. The van der Waals surface area contributed by atoms with E-state index < -0.39 is 0 Å². The van der Waals surface area contributed by atoms with Gasteiger partial charge in [0.05, 0.1) is 0 Å². The molecular formula is C13H27N. The Morgan fingerprint density at radius 2 is 1.86 bits per heavy atom. The quantitative estimate of drug-likeness (QED) is 0.729. The van der Waals surface area contributed by atoms with Crippen LogP contribution in [0.2, 0.25) is 0 Å². The maximum absolute atomic E-state index is 3.66. The monoisotopic (exact) mass is 197 g/mol. The summed E-state index contributed by atoms with van der Waals surface area (Å²) in [5.74, 6) is 0.902. The van der Waals surface area contributed by atoms with E-state index >= 15 is 0 Å². The van der Waals surface area contributed by atoms with Crippen LogP contribution in [0.4, 0.5) is 0 Å². The van der Waals surface area contributed by atoms with Crippen LogP contribution in [0.15, 0.2) is 0 Å². The second-order valence-electron chi connectivity index (χ2n) is 5.90. The highest BCUT2D eigenvalue weighted by Gasteiger charge is 2.44. The lowest BCUT2D eigenvalue weighted by molar-refractivity contribution is 0.0306. The Balaban J connectivity index is 2.66. The highest BCUT2D eigenvalue weighted by Crippen LogP contribution is 2.44. The van der Waals surface area contributed by atoms with E-state index in [9.17, 15) is 0 Å². The van der Waals surface area contributed by atoms with E-state index in [1.54, 1.807) is 0 Å². The van der Waals surface area contributed by atoms with Crippen LogP contribution in [0.5, 0.6) is 0 Å². The third-order valence-corrected chi connectivity index (χ3v) is 4.60. The van der Waals surface area contributed by atoms with Gasteiger partial charge in [0.1, 0.15) is 0 Å². The maximum Gasteiger partial charge on any atom is 0.0178 e. The number of nitrogens with one attached hydrogen (secondary N) is 1. The van der Waals surface area contributed by atoms with Gasteiger partial charge < -0.3 is 5.32 Å². The van der Waals surface area contributed by atoms with Gasteiger partial charge in [-0.25, -0.2) is 0 Å². The summed E-state index contributed by atoms with van der Waals surface area (Å²) in [6.45, 7) is 13.1. The van der Waals surface area contributed by atoms with Crippen molar-refractivity contribution >= 4 is 0 Å².